The summed E-state index contributed by atoms with van der Waals surface area (Å²) < 4.78 is 34.4. The van der Waals surface area contributed by atoms with E-state index < -0.39 is 10.0 Å². The largest absolute Gasteiger partial charge is 0.493 e. The third kappa shape index (κ3) is 4.20. The van der Waals surface area contributed by atoms with Crippen molar-refractivity contribution in [3.63, 3.8) is 0 Å². The first-order valence-corrected chi connectivity index (χ1v) is 12.0. The van der Waals surface area contributed by atoms with Gasteiger partial charge >= 0.3 is 0 Å². The topological polar surface area (TPSA) is 75.7 Å². The maximum absolute atomic E-state index is 13.2. The average molecular weight is 479 g/mol. The van der Waals surface area contributed by atoms with Gasteiger partial charge in [0.15, 0.2) is 0 Å². The Morgan fingerprint density at radius 2 is 1.86 bits per heavy atom. The van der Waals surface area contributed by atoms with Crippen LogP contribution in [-0.4, -0.2) is 38.3 Å². The normalized spacial score (nSPS) is 19.8. The van der Waals surface area contributed by atoms with E-state index in [0.29, 0.717) is 26.1 Å². The molecule has 4 rings (SSSR count). The van der Waals surface area contributed by atoms with Crippen LogP contribution in [0.25, 0.3) is 0 Å². The molecule has 0 aliphatic carbocycles. The number of ether oxygens (including phenoxy) is 1. The molecule has 29 heavy (non-hydrogen) atoms. The smallest absolute Gasteiger partial charge is 0.253 e. The Bertz CT molecular complexity index is 1020. The van der Waals surface area contributed by atoms with Gasteiger partial charge in [-0.05, 0) is 43.2 Å². The van der Waals surface area contributed by atoms with Crippen molar-refractivity contribution < 1.29 is 17.9 Å². The minimum atomic E-state index is -3.71. The lowest BCUT2D eigenvalue weighted by Crippen LogP contribution is -2.37. The van der Waals surface area contributed by atoms with E-state index in [4.69, 9.17) is 4.74 Å². The maximum Gasteiger partial charge on any atom is 0.253 e. The quantitative estimate of drug-likeness (QED) is 0.723. The fourth-order valence-electron chi connectivity index (χ4n) is 3.87. The Hall–Kier alpha value is -1.90. The lowest BCUT2D eigenvalue weighted by molar-refractivity contribution is 0.0921. The van der Waals surface area contributed by atoms with Crippen molar-refractivity contribution in [1.29, 1.82) is 0 Å². The number of carbonyl (C=O) groups excluding carboxylic acids is 1. The van der Waals surface area contributed by atoms with Crippen molar-refractivity contribution in [2.24, 2.45) is 0 Å². The van der Waals surface area contributed by atoms with Crippen LogP contribution >= 0.6 is 15.9 Å². The van der Waals surface area contributed by atoms with Gasteiger partial charge in [0.05, 0.1) is 23.1 Å². The number of piperidine rings is 1. The molecule has 1 fully saturated rings. The average Bonchev–Trinajstić information content (AvgIpc) is 2.75. The molecule has 0 spiro atoms. The molecule has 8 heteroatoms. The molecule has 2 heterocycles. The Morgan fingerprint density at radius 1 is 1.10 bits per heavy atom. The predicted molar refractivity (Wildman–Crippen MR) is 114 cm³/mol. The van der Waals surface area contributed by atoms with Crippen molar-refractivity contribution >= 4 is 31.9 Å². The van der Waals surface area contributed by atoms with Gasteiger partial charge in [-0.25, -0.2) is 8.42 Å². The summed E-state index contributed by atoms with van der Waals surface area (Å²) in [6.07, 6.45) is 3.35. The first-order chi connectivity index (χ1) is 14.0. The second kappa shape index (κ2) is 8.45. The molecule has 0 radical (unpaired) electrons. The number of carbonyl (C=O) groups is 1. The zero-order valence-corrected chi connectivity index (χ0v) is 18.3. The molecule has 6 nitrogen and oxygen atoms in total. The minimum absolute atomic E-state index is 0.0703. The summed E-state index contributed by atoms with van der Waals surface area (Å²) in [5, 5.41) is 3.01. The lowest BCUT2D eigenvalue weighted by Gasteiger charge is -2.28. The van der Waals surface area contributed by atoms with Crippen LogP contribution in [0.3, 0.4) is 0 Å². The highest BCUT2D eigenvalue weighted by molar-refractivity contribution is 9.10. The fourth-order valence-corrected chi connectivity index (χ4v) is 5.96. The van der Waals surface area contributed by atoms with E-state index in [9.17, 15) is 13.2 Å². The molecule has 1 N–H and O–H groups in total. The van der Waals surface area contributed by atoms with Crippen molar-refractivity contribution in [1.82, 2.24) is 9.62 Å². The van der Waals surface area contributed by atoms with Gasteiger partial charge in [-0.1, -0.05) is 34.5 Å². The number of fused-ring (bicyclic) bond motifs is 1. The fraction of sp³-hybridized carbons (Fsp3) is 0.381. The Morgan fingerprint density at radius 3 is 2.66 bits per heavy atom. The molecule has 2 aliphatic heterocycles. The first-order valence-electron chi connectivity index (χ1n) is 9.79. The van der Waals surface area contributed by atoms with Crippen LogP contribution in [0.2, 0.25) is 0 Å². The van der Waals surface area contributed by atoms with E-state index in [1.54, 1.807) is 18.2 Å². The van der Waals surface area contributed by atoms with Gasteiger partial charge in [0.25, 0.3) is 5.91 Å². The van der Waals surface area contributed by atoms with Crippen LogP contribution in [0.1, 0.15) is 47.6 Å². The van der Waals surface area contributed by atoms with E-state index in [-0.39, 0.29) is 22.4 Å². The molecule has 1 atom stereocenters. The van der Waals surface area contributed by atoms with Crippen LogP contribution in [0, 0.1) is 0 Å². The van der Waals surface area contributed by atoms with Crippen LogP contribution in [-0.2, 0) is 10.0 Å². The van der Waals surface area contributed by atoms with Gasteiger partial charge in [0.2, 0.25) is 10.0 Å². The second-order valence-corrected chi connectivity index (χ2v) is 10.1. The van der Waals surface area contributed by atoms with E-state index in [1.807, 2.05) is 18.2 Å². The molecule has 1 unspecified atom stereocenters. The monoisotopic (exact) mass is 478 g/mol. The maximum atomic E-state index is 13.2. The van der Waals surface area contributed by atoms with Crippen LogP contribution in [0.5, 0.6) is 5.75 Å². The highest BCUT2D eigenvalue weighted by Crippen LogP contribution is 2.34. The predicted octanol–water partition coefficient (Wildman–Crippen LogP) is 3.88. The Kier molecular flexibility index (Phi) is 5.94. The van der Waals surface area contributed by atoms with Gasteiger partial charge in [-0.15, -0.1) is 0 Å². The number of halogens is 1. The number of hydrogen-bond acceptors (Lipinski definition) is 4. The van der Waals surface area contributed by atoms with Crippen LogP contribution < -0.4 is 10.1 Å². The van der Waals surface area contributed by atoms with Gasteiger partial charge in [-0.3, -0.25) is 4.79 Å². The molecule has 1 saturated heterocycles. The molecule has 154 valence electrons. The summed E-state index contributed by atoms with van der Waals surface area (Å²) in [6, 6.07) is 11.9. The molecule has 2 aromatic carbocycles. The standard InChI is InChI=1S/C21H23BrN2O4S/c22-15-8-9-19-17(14-15)18(10-13-28-19)23-21(25)16-6-2-3-7-20(16)29(26,27)24-11-4-1-5-12-24/h2-3,6-9,14,18H,1,4-5,10-13H2,(H,23,25). The Labute approximate surface area is 179 Å². The Balaban J connectivity index is 1.62. The molecule has 2 aromatic rings. The molecule has 0 saturated carbocycles. The first kappa shape index (κ1) is 20.4. The number of nitrogens with one attached hydrogen (secondary N) is 1. The number of amides is 1. The molecular formula is C21H23BrN2O4S. The van der Waals surface area contributed by atoms with E-state index in [2.05, 4.69) is 21.2 Å². The summed E-state index contributed by atoms with van der Waals surface area (Å²) in [6.45, 7) is 1.49. The van der Waals surface area contributed by atoms with E-state index >= 15 is 0 Å². The van der Waals surface area contributed by atoms with E-state index in [0.717, 1.165) is 35.0 Å². The summed E-state index contributed by atoms with van der Waals surface area (Å²) in [4.78, 5) is 13.2. The third-order valence-electron chi connectivity index (χ3n) is 5.38. The summed E-state index contributed by atoms with van der Waals surface area (Å²) in [5.41, 5.74) is 1.07. The number of rotatable bonds is 4. The number of sulfonamides is 1. The summed E-state index contributed by atoms with van der Waals surface area (Å²) >= 11 is 3.46. The molecule has 0 bridgehead atoms. The van der Waals surface area contributed by atoms with Crippen molar-refractivity contribution in [2.75, 3.05) is 19.7 Å². The zero-order chi connectivity index (χ0) is 20.4. The number of nitrogens with zero attached hydrogens (tertiary/aromatic N) is 1. The summed E-state index contributed by atoms with van der Waals surface area (Å²) in [5.74, 6) is 0.345. The highest BCUT2D eigenvalue weighted by atomic mass is 79.9. The van der Waals surface area contributed by atoms with Crippen molar-refractivity contribution in [3.05, 3.63) is 58.1 Å². The highest BCUT2D eigenvalue weighted by Gasteiger charge is 2.31. The number of hydrogen-bond donors (Lipinski definition) is 1. The van der Waals surface area contributed by atoms with Gasteiger partial charge in [0, 0.05) is 29.5 Å². The van der Waals surface area contributed by atoms with Crippen molar-refractivity contribution in [2.45, 2.75) is 36.6 Å². The summed E-state index contributed by atoms with van der Waals surface area (Å²) in [7, 11) is -3.71. The van der Waals surface area contributed by atoms with Crippen molar-refractivity contribution in [3.8, 4) is 5.75 Å². The molecule has 1 amide bonds. The molecule has 2 aliphatic rings. The molecular weight excluding hydrogens is 456 g/mol. The van der Waals surface area contributed by atoms with Gasteiger partial charge in [0.1, 0.15) is 5.75 Å². The zero-order valence-electron chi connectivity index (χ0n) is 15.9. The van der Waals surface area contributed by atoms with Gasteiger partial charge in [-0.2, -0.15) is 4.31 Å². The van der Waals surface area contributed by atoms with Crippen LogP contribution in [0.4, 0.5) is 0 Å². The third-order valence-corrected chi connectivity index (χ3v) is 7.83. The van der Waals surface area contributed by atoms with E-state index in [1.165, 1.54) is 10.4 Å². The minimum Gasteiger partial charge on any atom is -0.493 e. The van der Waals surface area contributed by atoms with Crippen LogP contribution in [0.15, 0.2) is 51.8 Å². The molecule has 0 aromatic heterocycles. The SMILES string of the molecule is O=C(NC1CCOc2ccc(Br)cc21)c1ccccc1S(=O)(=O)N1CCCCC1. The second-order valence-electron chi connectivity index (χ2n) is 7.31. The number of benzene rings is 2. The van der Waals surface area contributed by atoms with Gasteiger partial charge < -0.3 is 10.1 Å². The lowest BCUT2D eigenvalue weighted by atomic mass is 10.00.